The third-order valence-corrected chi connectivity index (χ3v) is 4.58. The van der Waals surface area contributed by atoms with Gasteiger partial charge in [0, 0.05) is 5.02 Å². The molecule has 0 saturated carbocycles. The van der Waals surface area contributed by atoms with Crippen molar-refractivity contribution in [2.45, 2.75) is 40.2 Å². The van der Waals surface area contributed by atoms with Crippen molar-refractivity contribution in [3.8, 4) is 5.75 Å². The summed E-state index contributed by atoms with van der Waals surface area (Å²) in [6.45, 7) is 7.46. The van der Waals surface area contributed by atoms with Gasteiger partial charge in [0.25, 0.3) is 5.91 Å². The maximum atomic E-state index is 12.1. The Balaban J connectivity index is 1.74. The van der Waals surface area contributed by atoms with Crippen molar-refractivity contribution in [1.82, 2.24) is 5.32 Å². The molecule has 0 aliphatic rings. The van der Waals surface area contributed by atoms with Gasteiger partial charge in [-0.15, -0.1) is 0 Å². The highest BCUT2D eigenvalue weighted by Crippen LogP contribution is 2.21. The highest BCUT2D eigenvalue weighted by molar-refractivity contribution is 6.30. The number of carbonyl (C=O) groups is 2. The molecule has 1 N–H and O–H groups in total. The van der Waals surface area contributed by atoms with Crippen LogP contribution in [0.2, 0.25) is 5.02 Å². The van der Waals surface area contributed by atoms with E-state index in [4.69, 9.17) is 21.1 Å². The van der Waals surface area contributed by atoms with E-state index in [1.807, 2.05) is 26.0 Å². The van der Waals surface area contributed by atoms with Crippen molar-refractivity contribution in [3.05, 3.63) is 64.2 Å². The Hall–Kier alpha value is -2.53. The number of carbonyl (C=O) groups excluding carboxylic acids is 2. The standard InChI is InChI=1S/C23H28ClNO4/c1-15(2)11-18-5-7-19(8-6-18)17(4)25-22(26)13-29-23(27)14-28-21-10-9-20(24)12-16(21)3/h5-10,12,15,17H,11,13-14H2,1-4H3,(H,25,26)/t17-/m0/s1. The lowest BCUT2D eigenvalue weighted by Crippen LogP contribution is -2.32. The minimum Gasteiger partial charge on any atom is -0.482 e. The van der Waals surface area contributed by atoms with Gasteiger partial charge in [-0.1, -0.05) is 49.7 Å². The summed E-state index contributed by atoms with van der Waals surface area (Å²) in [5.74, 6) is 0.172. The van der Waals surface area contributed by atoms with E-state index in [2.05, 4.69) is 31.3 Å². The van der Waals surface area contributed by atoms with Crippen LogP contribution in [0.4, 0.5) is 0 Å². The maximum Gasteiger partial charge on any atom is 0.344 e. The van der Waals surface area contributed by atoms with Crippen molar-refractivity contribution in [1.29, 1.82) is 0 Å². The lowest BCUT2D eigenvalue weighted by Gasteiger charge is -2.15. The predicted molar refractivity (Wildman–Crippen MR) is 114 cm³/mol. The first-order chi connectivity index (χ1) is 13.7. The number of aryl methyl sites for hydroxylation is 1. The molecule has 6 heteroatoms. The van der Waals surface area contributed by atoms with E-state index in [1.165, 1.54) is 5.56 Å². The first-order valence-electron chi connectivity index (χ1n) is 9.67. The van der Waals surface area contributed by atoms with Crippen LogP contribution in [-0.4, -0.2) is 25.1 Å². The van der Waals surface area contributed by atoms with Gasteiger partial charge >= 0.3 is 5.97 Å². The van der Waals surface area contributed by atoms with Gasteiger partial charge < -0.3 is 14.8 Å². The molecule has 156 valence electrons. The van der Waals surface area contributed by atoms with Gasteiger partial charge in [-0.25, -0.2) is 4.79 Å². The predicted octanol–water partition coefficient (Wildman–Crippen LogP) is 4.65. The molecule has 0 unspecified atom stereocenters. The van der Waals surface area contributed by atoms with Crippen LogP contribution < -0.4 is 10.1 Å². The van der Waals surface area contributed by atoms with E-state index in [-0.39, 0.29) is 25.2 Å². The van der Waals surface area contributed by atoms with Crippen LogP contribution in [-0.2, 0) is 20.7 Å². The highest BCUT2D eigenvalue weighted by Gasteiger charge is 2.13. The molecule has 0 fully saturated rings. The van der Waals surface area contributed by atoms with Crippen LogP contribution in [0.25, 0.3) is 0 Å². The Labute approximate surface area is 177 Å². The molecule has 0 saturated heterocycles. The fourth-order valence-electron chi connectivity index (χ4n) is 2.88. The van der Waals surface area contributed by atoms with Crippen molar-refractivity contribution in [2.75, 3.05) is 13.2 Å². The minimum absolute atomic E-state index is 0.178. The van der Waals surface area contributed by atoms with Gasteiger partial charge in [-0.05, 0) is 61.1 Å². The molecule has 5 nitrogen and oxygen atoms in total. The summed E-state index contributed by atoms with van der Waals surface area (Å²) in [5, 5.41) is 3.42. The zero-order chi connectivity index (χ0) is 21.4. The SMILES string of the molecule is Cc1cc(Cl)ccc1OCC(=O)OCC(=O)N[C@@H](C)c1ccc(CC(C)C)cc1. The van der Waals surface area contributed by atoms with E-state index in [1.54, 1.807) is 18.2 Å². The molecule has 0 bridgehead atoms. The number of nitrogens with one attached hydrogen (secondary N) is 1. The van der Waals surface area contributed by atoms with E-state index < -0.39 is 5.97 Å². The molecule has 2 rings (SSSR count). The molecule has 0 aliphatic heterocycles. The number of halogens is 1. The van der Waals surface area contributed by atoms with Crippen molar-refractivity contribution in [3.63, 3.8) is 0 Å². The van der Waals surface area contributed by atoms with Gasteiger partial charge in [0.2, 0.25) is 0 Å². The minimum atomic E-state index is -0.611. The molecule has 2 aromatic rings. The number of rotatable bonds is 9. The Bertz CT molecular complexity index is 833. The Morgan fingerprint density at radius 2 is 1.72 bits per heavy atom. The normalized spacial score (nSPS) is 11.8. The van der Waals surface area contributed by atoms with Gasteiger partial charge in [0.15, 0.2) is 13.2 Å². The zero-order valence-electron chi connectivity index (χ0n) is 17.3. The molecule has 1 amide bonds. The van der Waals surface area contributed by atoms with Crippen LogP contribution in [0.15, 0.2) is 42.5 Å². The van der Waals surface area contributed by atoms with Crippen LogP contribution in [0.5, 0.6) is 5.75 Å². The third kappa shape index (κ3) is 7.78. The summed E-state index contributed by atoms with van der Waals surface area (Å²) < 4.78 is 10.4. The Morgan fingerprint density at radius 1 is 1.03 bits per heavy atom. The lowest BCUT2D eigenvalue weighted by molar-refractivity contribution is -0.150. The Morgan fingerprint density at radius 3 is 2.34 bits per heavy atom. The second-order valence-corrected chi connectivity index (χ2v) is 7.92. The molecule has 0 spiro atoms. The fraction of sp³-hybridized carbons (Fsp3) is 0.391. The fourth-order valence-corrected chi connectivity index (χ4v) is 3.11. The highest BCUT2D eigenvalue weighted by atomic mass is 35.5. The van der Waals surface area contributed by atoms with Crippen LogP contribution in [0.1, 0.15) is 43.5 Å². The van der Waals surface area contributed by atoms with Crippen molar-refractivity contribution in [2.24, 2.45) is 5.92 Å². The summed E-state index contributed by atoms with van der Waals surface area (Å²) in [6.07, 6.45) is 1.02. The molecule has 29 heavy (non-hydrogen) atoms. The summed E-state index contributed by atoms with van der Waals surface area (Å²) >= 11 is 5.89. The van der Waals surface area contributed by atoms with Crippen molar-refractivity contribution >= 4 is 23.5 Å². The second kappa shape index (κ2) is 10.9. The first-order valence-corrected chi connectivity index (χ1v) is 10.0. The van der Waals surface area contributed by atoms with Gasteiger partial charge in [0.05, 0.1) is 6.04 Å². The topological polar surface area (TPSA) is 64.6 Å². The number of amides is 1. The number of hydrogen-bond donors (Lipinski definition) is 1. The average Bonchev–Trinajstić information content (AvgIpc) is 2.65. The Kier molecular flexibility index (Phi) is 8.52. The zero-order valence-corrected chi connectivity index (χ0v) is 18.1. The smallest absolute Gasteiger partial charge is 0.344 e. The molecule has 0 aromatic heterocycles. The summed E-state index contributed by atoms with van der Waals surface area (Å²) in [7, 11) is 0. The van der Waals surface area contributed by atoms with E-state index in [9.17, 15) is 9.59 Å². The van der Waals surface area contributed by atoms with Crippen LogP contribution >= 0.6 is 11.6 Å². The quantitative estimate of drug-likeness (QED) is 0.603. The van der Waals surface area contributed by atoms with Crippen LogP contribution in [0.3, 0.4) is 0 Å². The van der Waals surface area contributed by atoms with Gasteiger partial charge in [-0.2, -0.15) is 0 Å². The van der Waals surface area contributed by atoms with Gasteiger partial charge in [-0.3, -0.25) is 4.79 Å². The maximum absolute atomic E-state index is 12.1. The largest absolute Gasteiger partial charge is 0.482 e. The van der Waals surface area contributed by atoms with Crippen LogP contribution in [0, 0.1) is 12.8 Å². The monoisotopic (exact) mass is 417 g/mol. The molecule has 2 aromatic carbocycles. The lowest BCUT2D eigenvalue weighted by atomic mass is 10.00. The molecule has 1 atom stereocenters. The van der Waals surface area contributed by atoms with E-state index in [0.29, 0.717) is 16.7 Å². The summed E-state index contributed by atoms with van der Waals surface area (Å²) in [6, 6.07) is 13.1. The molecule has 0 heterocycles. The van der Waals surface area contributed by atoms with E-state index in [0.717, 1.165) is 17.5 Å². The van der Waals surface area contributed by atoms with E-state index >= 15 is 0 Å². The first kappa shape index (κ1) is 22.8. The number of ether oxygens (including phenoxy) is 2. The van der Waals surface area contributed by atoms with Gasteiger partial charge in [0.1, 0.15) is 5.75 Å². The van der Waals surface area contributed by atoms with Crippen molar-refractivity contribution < 1.29 is 19.1 Å². The number of esters is 1. The average molecular weight is 418 g/mol. The second-order valence-electron chi connectivity index (χ2n) is 7.49. The molecular weight excluding hydrogens is 390 g/mol. The summed E-state index contributed by atoms with van der Waals surface area (Å²) in [5.41, 5.74) is 3.09. The molecule has 0 radical (unpaired) electrons. The summed E-state index contributed by atoms with van der Waals surface area (Å²) in [4.78, 5) is 23.9. The third-order valence-electron chi connectivity index (χ3n) is 4.35. The number of hydrogen-bond acceptors (Lipinski definition) is 4. The molecular formula is C23H28ClNO4. The molecule has 0 aliphatic carbocycles. The number of benzene rings is 2.